The summed E-state index contributed by atoms with van der Waals surface area (Å²) >= 11 is 0. The van der Waals surface area contributed by atoms with Crippen LogP contribution in [0.3, 0.4) is 0 Å². The van der Waals surface area contributed by atoms with Crippen molar-refractivity contribution in [3.8, 4) is 0 Å². The van der Waals surface area contributed by atoms with Crippen LogP contribution >= 0.6 is 0 Å². The van der Waals surface area contributed by atoms with Gasteiger partial charge >= 0.3 is 0 Å². The average molecular weight is 159 g/mol. The predicted octanol–water partition coefficient (Wildman–Crippen LogP) is 0.265. The first-order valence-corrected chi connectivity index (χ1v) is 4.18. The molecule has 3 N–H and O–H groups in total. The molecule has 0 aromatic rings. The Morgan fingerprint density at radius 3 is 3.00 bits per heavy atom. The summed E-state index contributed by atoms with van der Waals surface area (Å²) in [6.07, 6.45) is 3.52. The molecule has 0 aromatic heterocycles. The molecule has 1 fully saturated rings. The Morgan fingerprint density at radius 1 is 1.73 bits per heavy atom. The summed E-state index contributed by atoms with van der Waals surface area (Å²) in [5.41, 5.74) is 4.76. The fraction of sp³-hybridized carbons (Fsp3) is 1.00. The van der Waals surface area contributed by atoms with Gasteiger partial charge in [0.25, 0.3) is 0 Å². The first-order valence-electron chi connectivity index (χ1n) is 4.18. The topological polar surface area (TPSA) is 55.5 Å². The molecule has 0 heterocycles. The minimum Gasteiger partial charge on any atom is -0.387 e. The van der Waals surface area contributed by atoms with Gasteiger partial charge in [0.1, 0.15) is 0 Å². The van der Waals surface area contributed by atoms with Gasteiger partial charge in [0, 0.05) is 7.11 Å². The minimum absolute atomic E-state index is 0.00560. The molecule has 2 unspecified atom stereocenters. The summed E-state index contributed by atoms with van der Waals surface area (Å²) in [7, 11) is 1.65. The molecule has 0 spiro atoms. The molecule has 3 nitrogen and oxygen atoms in total. The third kappa shape index (κ3) is 1.72. The average Bonchev–Trinajstić information content (AvgIpc) is 2.31. The van der Waals surface area contributed by atoms with Crippen molar-refractivity contribution < 1.29 is 9.84 Å². The van der Waals surface area contributed by atoms with E-state index in [1.807, 2.05) is 0 Å². The number of methoxy groups -OCH3 is 1. The summed E-state index contributed by atoms with van der Waals surface area (Å²) in [5, 5.41) is 9.95. The molecule has 66 valence electrons. The van der Waals surface area contributed by atoms with Gasteiger partial charge in [0.15, 0.2) is 0 Å². The van der Waals surface area contributed by atoms with E-state index in [2.05, 4.69) is 0 Å². The van der Waals surface area contributed by atoms with Gasteiger partial charge in [-0.05, 0) is 32.2 Å². The van der Waals surface area contributed by atoms with Crippen LogP contribution < -0.4 is 5.73 Å². The van der Waals surface area contributed by atoms with Crippen molar-refractivity contribution in [3.63, 3.8) is 0 Å². The van der Waals surface area contributed by atoms with Crippen molar-refractivity contribution >= 4 is 0 Å². The molecule has 2 atom stereocenters. The van der Waals surface area contributed by atoms with E-state index in [0.29, 0.717) is 13.0 Å². The highest BCUT2D eigenvalue weighted by atomic mass is 16.5. The largest absolute Gasteiger partial charge is 0.387 e. The van der Waals surface area contributed by atoms with Crippen molar-refractivity contribution in [1.29, 1.82) is 0 Å². The molecule has 3 heteroatoms. The van der Waals surface area contributed by atoms with E-state index in [4.69, 9.17) is 10.5 Å². The first kappa shape index (κ1) is 8.97. The van der Waals surface area contributed by atoms with Crippen molar-refractivity contribution in [2.24, 2.45) is 5.73 Å². The number of ether oxygens (including phenoxy) is 1. The molecule has 0 amide bonds. The van der Waals surface area contributed by atoms with Gasteiger partial charge in [-0.3, -0.25) is 0 Å². The fourth-order valence-corrected chi connectivity index (χ4v) is 1.90. The Kier molecular flexibility index (Phi) is 2.87. The second-order valence-corrected chi connectivity index (χ2v) is 3.26. The van der Waals surface area contributed by atoms with Gasteiger partial charge in [-0.2, -0.15) is 0 Å². The van der Waals surface area contributed by atoms with Crippen molar-refractivity contribution in [3.05, 3.63) is 0 Å². The normalized spacial score (nSPS) is 37.9. The van der Waals surface area contributed by atoms with Crippen LogP contribution in [0.25, 0.3) is 0 Å². The van der Waals surface area contributed by atoms with E-state index < -0.39 is 5.60 Å². The maximum Gasteiger partial charge on any atom is 0.0920 e. The maximum absolute atomic E-state index is 9.95. The molecule has 0 radical (unpaired) electrons. The highest BCUT2D eigenvalue weighted by Gasteiger charge is 2.40. The van der Waals surface area contributed by atoms with Gasteiger partial charge in [-0.25, -0.2) is 0 Å². The quantitative estimate of drug-likeness (QED) is 0.621. The van der Waals surface area contributed by atoms with Crippen LogP contribution in [0, 0.1) is 0 Å². The van der Waals surface area contributed by atoms with E-state index in [9.17, 15) is 5.11 Å². The van der Waals surface area contributed by atoms with E-state index in [1.165, 1.54) is 0 Å². The van der Waals surface area contributed by atoms with Gasteiger partial charge in [0.2, 0.25) is 0 Å². The Morgan fingerprint density at radius 2 is 2.45 bits per heavy atom. The monoisotopic (exact) mass is 159 g/mol. The zero-order valence-electron chi connectivity index (χ0n) is 7.05. The minimum atomic E-state index is -0.635. The van der Waals surface area contributed by atoms with E-state index in [-0.39, 0.29) is 6.10 Å². The Hall–Kier alpha value is -0.120. The van der Waals surface area contributed by atoms with E-state index in [1.54, 1.807) is 7.11 Å². The molecule has 11 heavy (non-hydrogen) atoms. The zero-order valence-corrected chi connectivity index (χ0v) is 7.05. The van der Waals surface area contributed by atoms with Gasteiger partial charge < -0.3 is 15.6 Å². The summed E-state index contributed by atoms with van der Waals surface area (Å²) in [6, 6.07) is 0. The van der Waals surface area contributed by atoms with Crippen LogP contribution in [-0.2, 0) is 4.74 Å². The standard InChI is InChI=1S/C8H17NO2/c1-11-7-3-2-4-8(7,10)5-6-9/h7,10H,2-6,9H2,1H3. The molecule has 0 aliphatic heterocycles. The molecule has 1 saturated carbocycles. The van der Waals surface area contributed by atoms with Crippen LogP contribution in [0.5, 0.6) is 0 Å². The van der Waals surface area contributed by atoms with E-state index in [0.717, 1.165) is 19.3 Å². The lowest BCUT2D eigenvalue weighted by atomic mass is 9.96. The molecule has 0 bridgehead atoms. The van der Waals surface area contributed by atoms with Crippen molar-refractivity contribution in [2.75, 3.05) is 13.7 Å². The smallest absolute Gasteiger partial charge is 0.0920 e. The van der Waals surface area contributed by atoms with Crippen LogP contribution in [0.15, 0.2) is 0 Å². The SMILES string of the molecule is COC1CCCC1(O)CCN. The molecule has 0 aromatic carbocycles. The zero-order chi connectivity index (χ0) is 8.32. The summed E-state index contributed by atoms with van der Waals surface area (Å²) in [5.74, 6) is 0. The van der Waals surface area contributed by atoms with Crippen LogP contribution in [-0.4, -0.2) is 30.5 Å². The molecule has 1 aliphatic carbocycles. The molecule has 0 saturated heterocycles. The molecule has 1 aliphatic rings. The molecular formula is C8H17NO2. The number of rotatable bonds is 3. The highest BCUT2D eigenvalue weighted by molar-refractivity contribution is 4.93. The second-order valence-electron chi connectivity index (χ2n) is 3.26. The molecule has 1 rings (SSSR count). The number of hydrogen-bond acceptors (Lipinski definition) is 3. The Bertz CT molecular complexity index is 129. The lowest BCUT2D eigenvalue weighted by Crippen LogP contribution is -2.40. The van der Waals surface area contributed by atoms with Gasteiger partial charge in [-0.15, -0.1) is 0 Å². The number of nitrogens with two attached hydrogens (primary N) is 1. The van der Waals surface area contributed by atoms with Gasteiger partial charge in [0.05, 0.1) is 11.7 Å². The van der Waals surface area contributed by atoms with Gasteiger partial charge in [-0.1, -0.05) is 0 Å². The lowest BCUT2D eigenvalue weighted by molar-refractivity contribution is -0.0757. The lowest BCUT2D eigenvalue weighted by Gasteiger charge is -2.28. The maximum atomic E-state index is 9.95. The molecular weight excluding hydrogens is 142 g/mol. The van der Waals surface area contributed by atoms with Crippen LogP contribution in [0.2, 0.25) is 0 Å². The summed E-state index contributed by atoms with van der Waals surface area (Å²) < 4.78 is 5.17. The Balaban J connectivity index is 2.51. The fourth-order valence-electron chi connectivity index (χ4n) is 1.90. The van der Waals surface area contributed by atoms with Crippen molar-refractivity contribution in [1.82, 2.24) is 0 Å². The Labute approximate surface area is 67.5 Å². The third-order valence-electron chi connectivity index (χ3n) is 2.54. The first-order chi connectivity index (χ1) is 5.23. The van der Waals surface area contributed by atoms with E-state index >= 15 is 0 Å². The summed E-state index contributed by atoms with van der Waals surface area (Å²) in [4.78, 5) is 0. The van der Waals surface area contributed by atoms with Crippen LogP contribution in [0.1, 0.15) is 25.7 Å². The highest BCUT2D eigenvalue weighted by Crippen LogP contribution is 2.34. The third-order valence-corrected chi connectivity index (χ3v) is 2.54. The number of aliphatic hydroxyl groups is 1. The van der Waals surface area contributed by atoms with Crippen molar-refractivity contribution in [2.45, 2.75) is 37.4 Å². The summed E-state index contributed by atoms with van der Waals surface area (Å²) in [6.45, 7) is 0.538. The van der Waals surface area contributed by atoms with Crippen LogP contribution in [0.4, 0.5) is 0 Å². The number of hydrogen-bond donors (Lipinski definition) is 2. The second kappa shape index (κ2) is 3.52. The predicted molar refractivity (Wildman–Crippen MR) is 43.3 cm³/mol.